The van der Waals surface area contributed by atoms with Gasteiger partial charge in [0.1, 0.15) is 11.3 Å². The van der Waals surface area contributed by atoms with Crippen molar-refractivity contribution in [1.29, 1.82) is 0 Å². The van der Waals surface area contributed by atoms with Crippen molar-refractivity contribution in [3.63, 3.8) is 0 Å². The molecule has 1 amide bonds. The molecule has 1 unspecified atom stereocenters. The van der Waals surface area contributed by atoms with Crippen molar-refractivity contribution < 1.29 is 23.5 Å². The van der Waals surface area contributed by atoms with Crippen molar-refractivity contribution >= 4 is 49.7 Å². The van der Waals surface area contributed by atoms with E-state index in [1.54, 1.807) is 31.2 Å². The minimum absolute atomic E-state index is 0.263. The van der Waals surface area contributed by atoms with E-state index in [0.29, 0.717) is 40.7 Å². The van der Waals surface area contributed by atoms with Crippen molar-refractivity contribution in [2.45, 2.75) is 26.4 Å². The second-order valence-corrected chi connectivity index (χ2v) is 8.94. The Bertz CT molecular complexity index is 1520. The van der Waals surface area contributed by atoms with Gasteiger partial charge in [0.05, 0.1) is 28.0 Å². The zero-order valence-corrected chi connectivity index (χ0v) is 20.5. The van der Waals surface area contributed by atoms with E-state index in [2.05, 4.69) is 15.3 Å². The van der Waals surface area contributed by atoms with Crippen LogP contribution in [-0.2, 0) is 9.53 Å². The second kappa shape index (κ2) is 10.2. The number of carbonyl (C=O) groups excluding carboxylic acids is 2. The lowest BCUT2D eigenvalue weighted by Crippen LogP contribution is -2.32. The van der Waals surface area contributed by atoms with Crippen LogP contribution in [0.25, 0.3) is 32.8 Å². The molecule has 8 nitrogen and oxygen atoms in total. The molecule has 0 saturated heterocycles. The van der Waals surface area contributed by atoms with E-state index >= 15 is 0 Å². The summed E-state index contributed by atoms with van der Waals surface area (Å²) < 4.78 is 17.9. The van der Waals surface area contributed by atoms with Crippen molar-refractivity contribution in [1.82, 2.24) is 9.97 Å². The smallest absolute Gasteiger partial charge is 0.339 e. The van der Waals surface area contributed by atoms with Gasteiger partial charge in [-0.15, -0.1) is 0 Å². The van der Waals surface area contributed by atoms with E-state index in [4.69, 9.17) is 13.9 Å². The summed E-state index contributed by atoms with van der Waals surface area (Å²) in [4.78, 5) is 35.0. The quantitative estimate of drug-likeness (QED) is 0.257. The first-order chi connectivity index (χ1) is 17.6. The molecule has 0 saturated carbocycles. The summed E-state index contributed by atoms with van der Waals surface area (Å²) in [6.07, 6.45) is -0.706. The van der Waals surface area contributed by atoms with Crippen molar-refractivity contribution in [2.24, 2.45) is 0 Å². The summed E-state index contributed by atoms with van der Waals surface area (Å²) in [6.45, 7) is 4.25. The highest BCUT2D eigenvalue weighted by Gasteiger charge is 2.25. The average Bonchev–Trinajstić information content (AvgIpc) is 3.50. The fourth-order valence-corrected chi connectivity index (χ4v) is 4.65. The number of benzene rings is 3. The summed E-state index contributed by atoms with van der Waals surface area (Å²) in [5.41, 5.74) is 2.80. The minimum Gasteiger partial charge on any atom is -0.494 e. The van der Waals surface area contributed by atoms with Gasteiger partial charge in [-0.1, -0.05) is 42.5 Å². The summed E-state index contributed by atoms with van der Waals surface area (Å²) in [5.74, 6) is -0.0403. The topological polar surface area (TPSA) is 104 Å². The number of hydrogen-bond donors (Lipinski definition) is 1. The number of para-hydroxylation sites is 2. The molecule has 36 heavy (non-hydrogen) atoms. The van der Waals surface area contributed by atoms with Crippen LogP contribution in [0.1, 0.15) is 30.6 Å². The zero-order chi connectivity index (χ0) is 25.1. The van der Waals surface area contributed by atoms with Crippen LogP contribution < -0.4 is 10.1 Å². The van der Waals surface area contributed by atoms with Gasteiger partial charge in [-0.2, -0.15) is 0 Å². The maximum absolute atomic E-state index is 13.1. The summed E-state index contributed by atoms with van der Waals surface area (Å²) >= 11 is 1.33. The summed E-state index contributed by atoms with van der Waals surface area (Å²) in [5, 5.41) is 3.20. The average molecular weight is 502 g/mol. The Morgan fingerprint density at radius 2 is 1.81 bits per heavy atom. The van der Waals surface area contributed by atoms with E-state index in [9.17, 15) is 9.59 Å². The van der Waals surface area contributed by atoms with Crippen LogP contribution in [0.2, 0.25) is 0 Å². The summed E-state index contributed by atoms with van der Waals surface area (Å²) in [6, 6.07) is 19.8. The fourth-order valence-electron chi connectivity index (χ4n) is 3.75. The Morgan fingerprint density at radius 3 is 2.61 bits per heavy atom. The number of fused-ring (bicyclic) bond motifs is 2. The third-order valence-corrected chi connectivity index (χ3v) is 6.42. The van der Waals surface area contributed by atoms with E-state index in [0.717, 1.165) is 16.0 Å². The lowest BCUT2D eigenvalue weighted by atomic mass is 10.1. The Labute approximate surface area is 210 Å². The normalized spacial score (nSPS) is 11.9. The van der Waals surface area contributed by atoms with Crippen molar-refractivity contribution in [3.05, 3.63) is 72.3 Å². The van der Waals surface area contributed by atoms with Crippen LogP contribution in [0.5, 0.6) is 5.75 Å². The van der Waals surface area contributed by atoms with E-state index < -0.39 is 18.0 Å². The number of ether oxygens (including phenoxy) is 2. The maximum atomic E-state index is 13.1. The zero-order valence-electron chi connectivity index (χ0n) is 19.7. The molecule has 2 aromatic heterocycles. The van der Waals surface area contributed by atoms with Gasteiger partial charge < -0.3 is 13.9 Å². The van der Waals surface area contributed by atoms with Gasteiger partial charge in [-0.25, -0.2) is 14.8 Å². The van der Waals surface area contributed by atoms with E-state index in [1.807, 2.05) is 49.4 Å². The monoisotopic (exact) mass is 501 g/mol. The second-order valence-electron chi connectivity index (χ2n) is 7.91. The van der Waals surface area contributed by atoms with Crippen LogP contribution in [-0.4, -0.2) is 34.6 Å². The minimum atomic E-state index is -1.000. The predicted octanol–water partition coefficient (Wildman–Crippen LogP) is 6.08. The van der Waals surface area contributed by atoms with Gasteiger partial charge in [-0.3, -0.25) is 10.1 Å². The lowest BCUT2D eigenvalue weighted by molar-refractivity contribution is -0.124. The Hall–Kier alpha value is -4.24. The molecule has 0 aliphatic heterocycles. The van der Waals surface area contributed by atoms with Gasteiger partial charge >= 0.3 is 5.97 Å². The number of hydrogen-bond acceptors (Lipinski definition) is 8. The SMILES string of the molecule is CCOc1ccc2nc(NC(=O)C(CC)OC(=O)c3ccccc3-c3nc4ccccc4o3)sc2c1. The molecule has 0 spiro atoms. The third-order valence-electron chi connectivity index (χ3n) is 5.48. The number of nitrogens with zero attached hydrogens (tertiary/aromatic N) is 2. The first-order valence-corrected chi connectivity index (χ1v) is 12.4. The first-order valence-electron chi connectivity index (χ1n) is 11.6. The number of oxazole rings is 1. The van der Waals surface area contributed by atoms with Gasteiger partial charge in [0.15, 0.2) is 16.8 Å². The fraction of sp³-hybridized carbons (Fsp3) is 0.185. The van der Waals surface area contributed by atoms with Crippen LogP contribution in [0.4, 0.5) is 5.13 Å². The first kappa shape index (κ1) is 23.5. The molecule has 0 aliphatic carbocycles. The van der Waals surface area contributed by atoms with E-state index in [-0.39, 0.29) is 5.56 Å². The van der Waals surface area contributed by atoms with Crippen LogP contribution in [0.3, 0.4) is 0 Å². The van der Waals surface area contributed by atoms with Crippen LogP contribution >= 0.6 is 11.3 Å². The molecule has 9 heteroatoms. The van der Waals surface area contributed by atoms with Gasteiger partial charge in [0.2, 0.25) is 5.89 Å². The lowest BCUT2D eigenvalue weighted by Gasteiger charge is -2.16. The molecule has 5 rings (SSSR count). The Kier molecular flexibility index (Phi) is 6.64. The number of carbonyl (C=O) groups is 2. The highest BCUT2D eigenvalue weighted by molar-refractivity contribution is 7.22. The number of esters is 1. The maximum Gasteiger partial charge on any atom is 0.339 e. The van der Waals surface area contributed by atoms with Gasteiger partial charge in [0.25, 0.3) is 5.91 Å². The standard InChI is InChI=1S/C27H23N3O5S/c1-3-21(24(31)30-27-29-20-14-13-16(33-4-2)15-23(20)36-27)35-26(32)18-10-6-5-9-17(18)25-28-19-11-7-8-12-22(19)34-25/h5-15,21H,3-4H2,1-2H3,(H,29,30,31). The molecule has 3 aromatic carbocycles. The molecule has 1 N–H and O–H groups in total. The Morgan fingerprint density at radius 1 is 1.00 bits per heavy atom. The number of anilines is 1. The molecular formula is C27H23N3O5S. The van der Waals surface area contributed by atoms with Crippen molar-refractivity contribution in [2.75, 3.05) is 11.9 Å². The molecule has 0 bridgehead atoms. The predicted molar refractivity (Wildman–Crippen MR) is 138 cm³/mol. The molecule has 0 aliphatic rings. The van der Waals surface area contributed by atoms with Gasteiger partial charge in [0, 0.05) is 0 Å². The van der Waals surface area contributed by atoms with E-state index in [1.165, 1.54) is 11.3 Å². The largest absolute Gasteiger partial charge is 0.494 e. The number of aromatic nitrogens is 2. The number of amides is 1. The van der Waals surface area contributed by atoms with Crippen LogP contribution in [0, 0.1) is 0 Å². The molecule has 182 valence electrons. The Balaban J connectivity index is 1.33. The molecular weight excluding hydrogens is 478 g/mol. The van der Waals surface area contributed by atoms with Crippen molar-refractivity contribution in [3.8, 4) is 17.2 Å². The highest BCUT2D eigenvalue weighted by atomic mass is 32.1. The number of rotatable bonds is 8. The van der Waals surface area contributed by atoms with Crippen LogP contribution in [0.15, 0.2) is 71.1 Å². The van der Waals surface area contributed by atoms with Gasteiger partial charge in [-0.05, 0) is 55.8 Å². The molecule has 1 atom stereocenters. The molecule has 0 fully saturated rings. The summed E-state index contributed by atoms with van der Waals surface area (Å²) in [7, 11) is 0. The number of nitrogens with one attached hydrogen (secondary N) is 1. The number of thiazole rings is 1. The molecule has 0 radical (unpaired) electrons. The third kappa shape index (κ3) is 4.78. The molecule has 5 aromatic rings. The highest BCUT2D eigenvalue weighted by Crippen LogP contribution is 2.30. The molecule has 2 heterocycles.